The van der Waals surface area contributed by atoms with Gasteiger partial charge in [-0.05, 0) is 24.4 Å². The highest BCUT2D eigenvalue weighted by atomic mass is 32.1. The Morgan fingerprint density at radius 1 is 1.23 bits per heavy atom. The van der Waals surface area contributed by atoms with Gasteiger partial charge in [0.15, 0.2) is 0 Å². The predicted octanol–water partition coefficient (Wildman–Crippen LogP) is 3.51. The van der Waals surface area contributed by atoms with Crippen molar-refractivity contribution in [3.63, 3.8) is 0 Å². The molecule has 2 aromatic heterocycles. The number of nitrogens with one attached hydrogen (secondary N) is 1. The number of hydrogen-bond acceptors (Lipinski definition) is 3. The lowest BCUT2D eigenvalue weighted by molar-refractivity contribution is 1.53. The average Bonchev–Trinajstić information content (AvgIpc) is 2.70. The third kappa shape index (κ3) is 0.833. The molecule has 3 rings (SSSR count). The van der Waals surface area contributed by atoms with Crippen LogP contribution in [0.25, 0.3) is 11.1 Å². The molecule has 13 heavy (non-hydrogen) atoms. The number of rotatable bonds is 0. The van der Waals surface area contributed by atoms with Crippen molar-refractivity contribution in [3.8, 4) is 11.1 Å². The third-order valence-electron chi connectivity index (χ3n) is 2.26. The van der Waals surface area contributed by atoms with E-state index in [9.17, 15) is 0 Å². The van der Waals surface area contributed by atoms with Gasteiger partial charge in [-0.15, -0.1) is 22.7 Å². The number of thiophene rings is 2. The van der Waals surface area contributed by atoms with Crippen LogP contribution in [0.3, 0.4) is 0 Å². The van der Waals surface area contributed by atoms with E-state index in [1.807, 2.05) is 0 Å². The number of fused-ring (bicyclic) bond motifs is 3. The molecule has 2 heterocycles. The van der Waals surface area contributed by atoms with Crippen molar-refractivity contribution in [2.45, 2.75) is 6.92 Å². The zero-order chi connectivity index (χ0) is 9.00. The minimum Gasteiger partial charge on any atom is -0.298 e. The average molecular weight is 205 g/mol. The summed E-state index contributed by atoms with van der Waals surface area (Å²) in [6.07, 6.45) is 0. The highest BCUT2D eigenvalue weighted by molar-refractivity contribution is 7.18. The smallest absolute Gasteiger partial charge is 0.0896 e. The van der Waals surface area contributed by atoms with Gasteiger partial charge in [-0.1, -0.05) is 0 Å². The van der Waals surface area contributed by atoms with Crippen molar-refractivity contribution in [1.29, 1.82) is 5.41 Å². The summed E-state index contributed by atoms with van der Waals surface area (Å²) in [6, 6.07) is 4.31. The van der Waals surface area contributed by atoms with E-state index < -0.39 is 0 Å². The topological polar surface area (TPSA) is 23.9 Å². The van der Waals surface area contributed by atoms with Crippen LogP contribution in [0.5, 0.6) is 0 Å². The molecular formula is C10H7NS2. The molecule has 0 unspecified atom stereocenters. The van der Waals surface area contributed by atoms with E-state index in [1.165, 1.54) is 16.0 Å². The van der Waals surface area contributed by atoms with E-state index in [2.05, 4.69) is 24.4 Å². The maximum atomic E-state index is 7.96. The Kier molecular flexibility index (Phi) is 1.32. The Morgan fingerprint density at radius 3 is 2.92 bits per heavy atom. The zero-order valence-corrected chi connectivity index (χ0v) is 8.68. The first-order valence-electron chi connectivity index (χ1n) is 4.05. The maximum absolute atomic E-state index is 7.96. The first kappa shape index (κ1) is 7.47. The van der Waals surface area contributed by atoms with Crippen LogP contribution < -0.4 is 0 Å². The number of hydrogen-bond donors (Lipinski definition) is 1. The van der Waals surface area contributed by atoms with Gasteiger partial charge in [0.1, 0.15) is 0 Å². The zero-order valence-electron chi connectivity index (χ0n) is 7.05. The fourth-order valence-corrected chi connectivity index (χ4v) is 3.63. The molecular weight excluding hydrogens is 198 g/mol. The fraction of sp³-hybridized carbons (Fsp3) is 0.100. The molecule has 2 aromatic rings. The largest absolute Gasteiger partial charge is 0.298 e. The van der Waals surface area contributed by atoms with E-state index >= 15 is 0 Å². The molecule has 1 nitrogen and oxygen atoms in total. The van der Waals surface area contributed by atoms with Crippen LogP contribution in [-0.2, 0) is 0 Å². The van der Waals surface area contributed by atoms with E-state index in [4.69, 9.17) is 5.41 Å². The van der Waals surface area contributed by atoms with Crippen molar-refractivity contribution in [1.82, 2.24) is 0 Å². The molecule has 0 atom stereocenters. The highest BCUT2D eigenvalue weighted by Gasteiger charge is 2.26. The third-order valence-corrected chi connectivity index (χ3v) is 4.26. The Hall–Kier alpha value is -0.930. The molecule has 0 saturated heterocycles. The Labute approximate surface area is 84.2 Å². The lowest BCUT2D eigenvalue weighted by atomic mass is 10.2. The lowest BCUT2D eigenvalue weighted by Crippen LogP contribution is -1.88. The summed E-state index contributed by atoms with van der Waals surface area (Å²) < 4.78 is 0. The van der Waals surface area contributed by atoms with Crippen LogP contribution in [0.1, 0.15) is 14.6 Å². The molecule has 0 fully saturated rings. The van der Waals surface area contributed by atoms with Crippen molar-refractivity contribution >= 4 is 28.4 Å². The second-order valence-electron chi connectivity index (χ2n) is 3.14. The molecule has 0 bridgehead atoms. The van der Waals surface area contributed by atoms with Crippen molar-refractivity contribution < 1.29 is 0 Å². The monoisotopic (exact) mass is 205 g/mol. The molecule has 1 N–H and O–H groups in total. The van der Waals surface area contributed by atoms with Crippen LogP contribution in [0.15, 0.2) is 17.5 Å². The summed E-state index contributed by atoms with van der Waals surface area (Å²) in [4.78, 5) is 3.59. The minimum atomic E-state index is 0.720. The van der Waals surface area contributed by atoms with Crippen molar-refractivity contribution in [3.05, 3.63) is 32.1 Å². The molecule has 0 aromatic carbocycles. The summed E-state index contributed by atoms with van der Waals surface area (Å²) in [5, 5.41) is 10.0. The van der Waals surface area contributed by atoms with Crippen LogP contribution in [0, 0.1) is 12.3 Å². The lowest BCUT2D eigenvalue weighted by Gasteiger charge is -1.89. The van der Waals surface area contributed by atoms with Gasteiger partial charge in [0.25, 0.3) is 0 Å². The van der Waals surface area contributed by atoms with Gasteiger partial charge in [-0.25, -0.2) is 0 Å². The molecule has 1 aliphatic rings. The SMILES string of the molecule is Cc1cc2c(s1)C(=N)c1sccc1-2. The fourth-order valence-electron chi connectivity index (χ4n) is 1.72. The van der Waals surface area contributed by atoms with Gasteiger partial charge in [0.2, 0.25) is 0 Å². The summed E-state index contributed by atoms with van der Waals surface area (Å²) in [6.45, 7) is 2.10. The second-order valence-corrected chi connectivity index (χ2v) is 5.31. The molecule has 0 amide bonds. The van der Waals surface area contributed by atoms with E-state index in [0.717, 1.165) is 15.5 Å². The van der Waals surface area contributed by atoms with Crippen LogP contribution in [0.2, 0.25) is 0 Å². The van der Waals surface area contributed by atoms with Gasteiger partial charge >= 0.3 is 0 Å². The van der Waals surface area contributed by atoms with Crippen LogP contribution >= 0.6 is 22.7 Å². The highest BCUT2D eigenvalue weighted by Crippen LogP contribution is 2.43. The minimum absolute atomic E-state index is 0.720. The van der Waals surface area contributed by atoms with Crippen molar-refractivity contribution in [2.24, 2.45) is 0 Å². The summed E-state index contributed by atoms with van der Waals surface area (Å²) in [5.41, 5.74) is 3.25. The maximum Gasteiger partial charge on any atom is 0.0896 e. The first-order chi connectivity index (χ1) is 6.27. The van der Waals surface area contributed by atoms with Gasteiger partial charge in [-0.3, -0.25) is 5.41 Å². The van der Waals surface area contributed by atoms with Gasteiger partial charge in [0, 0.05) is 16.0 Å². The van der Waals surface area contributed by atoms with Crippen molar-refractivity contribution in [2.75, 3.05) is 0 Å². The van der Waals surface area contributed by atoms with Gasteiger partial charge in [-0.2, -0.15) is 0 Å². The van der Waals surface area contributed by atoms with Gasteiger partial charge < -0.3 is 0 Å². The summed E-state index contributed by atoms with van der Waals surface area (Å²) in [7, 11) is 0. The first-order valence-corrected chi connectivity index (χ1v) is 5.74. The predicted molar refractivity (Wildman–Crippen MR) is 58.3 cm³/mol. The quantitative estimate of drug-likeness (QED) is 0.580. The summed E-state index contributed by atoms with van der Waals surface area (Å²) >= 11 is 3.40. The molecule has 0 spiro atoms. The normalized spacial score (nSPS) is 13.2. The van der Waals surface area contributed by atoms with Gasteiger partial charge in [0.05, 0.1) is 15.5 Å². The molecule has 64 valence electrons. The molecule has 0 radical (unpaired) electrons. The summed E-state index contributed by atoms with van der Waals surface area (Å²) in [5.74, 6) is 0. The van der Waals surface area contributed by atoms with Crippen LogP contribution in [-0.4, -0.2) is 5.71 Å². The van der Waals surface area contributed by atoms with E-state index in [0.29, 0.717) is 0 Å². The molecule has 0 aliphatic heterocycles. The molecule has 1 aliphatic carbocycles. The Bertz CT molecular complexity index is 505. The molecule has 0 saturated carbocycles. The number of aryl methyl sites for hydroxylation is 1. The Balaban J connectivity index is 2.41. The molecule has 3 heteroatoms. The Morgan fingerprint density at radius 2 is 2.08 bits per heavy atom. The second kappa shape index (κ2) is 2.30. The van der Waals surface area contributed by atoms with E-state index in [1.54, 1.807) is 22.7 Å². The standard InChI is InChI=1S/C10H7NS2/c1-5-4-7-6-2-3-12-9(6)8(11)10(7)13-5/h2-4,11H,1H3. The van der Waals surface area contributed by atoms with E-state index in [-0.39, 0.29) is 0 Å². The van der Waals surface area contributed by atoms with Crippen LogP contribution in [0.4, 0.5) is 0 Å².